The zero-order valence-electron chi connectivity index (χ0n) is 8.15. The maximum absolute atomic E-state index is 5.49. The van der Waals surface area contributed by atoms with E-state index in [1.807, 2.05) is 0 Å². The van der Waals surface area contributed by atoms with Gasteiger partial charge in [0.15, 0.2) is 0 Å². The Morgan fingerprint density at radius 3 is 2.93 bits per heavy atom. The van der Waals surface area contributed by atoms with Gasteiger partial charge in [-0.3, -0.25) is 14.8 Å². The van der Waals surface area contributed by atoms with Gasteiger partial charge in [0.05, 0.1) is 18.3 Å². The van der Waals surface area contributed by atoms with Gasteiger partial charge in [-0.25, -0.2) is 0 Å². The molecule has 4 heteroatoms. The highest BCUT2D eigenvalue weighted by atomic mass is 16.7. The molecule has 4 nitrogen and oxygen atoms in total. The quantitative estimate of drug-likeness (QED) is 0.735. The van der Waals surface area contributed by atoms with Crippen LogP contribution in [0.5, 0.6) is 0 Å². The highest BCUT2D eigenvalue weighted by Crippen LogP contribution is 2.19. The second-order valence-electron chi connectivity index (χ2n) is 3.54. The van der Waals surface area contributed by atoms with Gasteiger partial charge in [-0.15, -0.1) is 0 Å². The van der Waals surface area contributed by atoms with Crippen LogP contribution in [-0.2, 0) is 11.4 Å². The van der Waals surface area contributed by atoms with Crippen LogP contribution in [0.25, 0.3) is 0 Å². The van der Waals surface area contributed by atoms with E-state index in [0.717, 1.165) is 5.69 Å². The minimum Gasteiger partial charge on any atom is -0.298 e. The number of nitrogens with zero attached hydrogens (tertiary/aromatic N) is 2. The number of nitrogens with one attached hydrogen (secondary N) is 1. The Morgan fingerprint density at radius 2 is 2.21 bits per heavy atom. The highest BCUT2D eigenvalue weighted by molar-refractivity contribution is 4.92. The molecule has 1 N–H and O–H groups in total. The van der Waals surface area contributed by atoms with E-state index in [9.17, 15) is 0 Å². The lowest BCUT2D eigenvalue weighted by Crippen LogP contribution is -2.21. The monoisotopic (exact) mass is 193 g/mol. The number of hydroxylamine groups is 1. The predicted molar refractivity (Wildman–Crippen MR) is 52.2 cm³/mol. The fraction of sp³-hybridized carbons (Fsp3) is 0.600. The van der Waals surface area contributed by atoms with Gasteiger partial charge >= 0.3 is 0 Å². The summed E-state index contributed by atoms with van der Waals surface area (Å²) in [5.41, 5.74) is 3.85. The van der Waals surface area contributed by atoms with E-state index in [4.69, 9.17) is 4.84 Å². The molecule has 0 amide bonds. The molecule has 76 valence electrons. The zero-order valence-corrected chi connectivity index (χ0v) is 8.15. The van der Waals surface area contributed by atoms with Crippen molar-refractivity contribution in [1.29, 1.82) is 0 Å². The SMILES string of the molecule is c1cnc(CNOC2CCCC2)cn1. The van der Waals surface area contributed by atoms with E-state index in [2.05, 4.69) is 15.4 Å². The Labute approximate surface area is 83.7 Å². The maximum Gasteiger partial charge on any atom is 0.0790 e. The van der Waals surface area contributed by atoms with Crippen LogP contribution in [0.15, 0.2) is 18.6 Å². The lowest BCUT2D eigenvalue weighted by molar-refractivity contribution is -0.0249. The van der Waals surface area contributed by atoms with Crippen molar-refractivity contribution in [3.63, 3.8) is 0 Å². The number of hydrogen-bond acceptors (Lipinski definition) is 4. The summed E-state index contributed by atoms with van der Waals surface area (Å²) in [5.74, 6) is 0. The molecule has 0 aromatic carbocycles. The second kappa shape index (κ2) is 5.02. The van der Waals surface area contributed by atoms with Gasteiger partial charge in [-0.05, 0) is 12.8 Å². The molecule has 0 radical (unpaired) electrons. The third kappa shape index (κ3) is 2.75. The van der Waals surface area contributed by atoms with Crippen molar-refractivity contribution >= 4 is 0 Å². The van der Waals surface area contributed by atoms with E-state index < -0.39 is 0 Å². The van der Waals surface area contributed by atoms with Gasteiger partial charge in [0, 0.05) is 18.6 Å². The molecule has 14 heavy (non-hydrogen) atoms. The molecule has 0 bridgehead atoms. The zero-order chi connectivity index (χ0) is 9.64. The molecule has 0 aliphatic heterocycles. The van der Waals surface area contributed by atoms with Gasteiger partial charge in [-0.1, -0.05) is 12.8 Å². The summed E-state index contributed by atoms with van der Waals surface area (Å²) >= 11 is 0. The van der Waals surface area contributed by atoms with Crippen molar-refractivity contribution in [2.24, 2.45) is 0 Å². The lowest BCUT2D eigenvalue weighted by atomic mass is 10.3. The fourth-order valence-electron chi connectivity index (χ4n) is 1.66. The summed E-state index contributed by atoms with van der Waals surface area (Å²) in [6, 6.07) is 0. The van der Waals surface area contributed by atoms with E-state index in [1.54, 1.807) is 18.6 Å². The molecular weight excluding hydrogens is 178 g/mol. The number of hydrogen-bond donors (Lipinski definition) is 1. The van der Waals surface area contributed by atoms with Crippen molar-refractivity contribution in [3.05, 3.63) is 24.3 Å². The van der Waals surface area contributed by atoms with Gasteiger partial charge in [0.25, 0.3) is 0 Å². The van der Waals surface area contributed by atoms with Crippen LogP contribution in [-0.4, -0.2) is 16.1 Å². The Hall–Kier alpha value is -1.00. The minimum absolute atomic E-state index is 0.395. The van der Waals surface area contributed by atoms with E-state index in [1.165, 1.54) is 25.7 Å². The topological polar surface area (TPSA) is 47.0 Å². The Balaban J connectivity index is 1.67. The summed E-state index contributed by atoms with van der Waals surface area (Å²) in [4.78, 5) is 13.6. The maximum atomic E-state index is 5.49. The first-order chi connectivity index (χ1) is 6.95. The van der Waals surface area contributed by atoms with Crippen molar-refractivity contribution in [2.75, 3.05) is 0 Å². The lowest BCUT2D eigenvalue weighted by Gasteiger charge is -2.10. The summed E-state index contributed by atoms with van der Waals surface area (Å²) in [6.07, 6.45) is 10.4. The van der Waals surface area contributed by atoms with Crippen molar-refractivity contribution in [3.8, 4) is 0 Å². The third-order valence-corrected chi connectivity index (χ3v) is 2.42. The molecule has 0 saturated heterocycles. The number of rotatable bonds is 4. The second-order valence-corrected chi connectivity index (χ2v) is 3.54. The minimum atomic E-state index is 0.395. The fourth-order valence-corrected chi connectivity index (χ4v) is 1.66. The summed E-state index contributed by atoms with van der Waals surface area (Å²) < 4.78 is 0. The van der Waals surface area contributed by atoms with Crippen LogP contribution in [0.4, 0.5) is 0 Å². The van der Waals surface area contributed by atoms with Gasteiger partial charge < -0.3 is 0 Å². The molecule has 0 atom stereocenters. The van der Waals surface area contributed by atoms with E-state index >= 15 is 0 Å². The summed E-state index contributed by atoms with van der Waals surface area (Å²) in [5, 5.41) is 0. The summed E-state index contributed by atoms with van der Waals surface area (Å²) in [6.45, 7) is 0.629. The van der Waals surface area contributed by atoms with E-state index in [0.29, 0.717) is 12.6 Å². The number of aromatic nitrogens is 2. The normalized spacial score (nSPS) is 17.4. The molecule has 0 spiro atoms. The molecule has 1 aromatic rings. The average Bonchev–Trinajstić information content (AvgIpc) is 2.72. The van der Waals surface area contributed by atoms with Crippen LogP contribution in [0, 0.1) is 0 Å². The first-order valence-electron chi connectivity index (χ1n) is 5.08. The largest absolute Gasteiger partial charge is 0.298 e. The molecular formula is C10H15N3O. The van der Waals surface area contributed by atoms with Crippen LogP contribution >= 0.6 is 0 Å². The molecule has 1 aromatic heterocycles. The Kier molecular flexibility index (Phi) is 3.43. The van der Waals surface area contributed by atoms with Crippen molar-refractivity contribution < 1.29 is 4.84 Å². The third-order valence-electron chi connectivity index (χ3n) is 2.42. The molecule has 2 rings (SSSR count). The highest BCUT2D eigenvalue weighted by Gasteiger charge is 2.15. The molecule has 1 heterocycles. The van der Waals surface area contributed by atoms with Crippen LogP contribution in [0.1, 0.15) is 31.4 Å². The molecule has 0 unspecified atom stereocenters. The standard InChI is InChI=1S/C10H15N3O/c1-2-4-10(3-1)14-13-8-9-7-11-5-6-12-9/h5-7,10,13H,1-4,8H2. The van der Waals surface area contributed by atoms with Crippen LogP contribution in [0.2, 0.25) is 0 Å². The van der Waals surface area contributed by atoms with Gasteiger partial charge in [-0.2, -0.15) is 5.48 Å². The Morgan fingerprint density at radius 1 is 1.36 bits per heavy atom. The predicted octanol–water partition coefficient (Wildman–Crippen LogP) is 1.44. The van der Waals surface area contributed by atoms with Gasteiger partial charge in [0.1, 0.15) is 0 Å². The smallest absolute Gasteiger partial charge is 0.0790 e. The first kappa shape index (κ1) is 9.55. The average molecular weight is 193 g/mol. The first-order valence-corrected chi connectivity index (χ1v) is 5.08. The molecule has 1 fully saturated rings. The van der Waals surface area contributed by atoms with Crippen LogP contribution in [0.3, 0.4) is 0 Å². The van der Waals surface area contributed by atoms with Gasteiger partial charge in [0.2, 0.25) is 0 Å². The molecule has 1 aliphatic carbocycles. The summed E-state index contributed by atoms with van der Waals surface area (Å²) in [7, 11) is 0. The van der Waals surface area contributed by atoms with E-state index in [-0.39, 0.29) is 0 Å². The Bertz CT molecular complexity index is 259. The molecule has 1 aliphatic rings. The van der Waals surface area contributed by atoms with Crippen LogP contribution < -0.4 is 5.48 Å². The molecule has 1 saturated carbocycles. The van der Waals surface area contributed by atoms with Crippen molar-refractivity contribution in [1.82, 2.24) is 15.4 Å². The van der Waals surface area contributed by atoms with Crippen molar-refractivity contribution in [2.45, 2.75) is 38.3 Å².